The highest BCUT2D eigenvalue weighted by Crippen LogP contribution is 2.44. The summed E-state index contributed by atoms with van der Waals surface area (Å²) in [6.07, 6.45) is 13.7. The topological polar surface area (TPSA) is 52.6 Å². The van der Waals surface area contributed by atoms with Crippen molar-refractivity contribution in [2.45, 2.75) is 158 Å². The van der Waals surface area contributed by atoms with Gasteiger partial charge in [0, 0.05) is 6.42 Å². The number of carbonyl (C=O) groups is 2. The van der Waals surface area contributed by atoms with E-state index < -0.39 is 20.7 Å². The van der Waals surface area contributed by atoms with Gasteiger partial charge in [0.25, 0.3) is 0 Å². The van der Waals surface area contributed by atoms with Crippen LogP contribution in [0.25, 0.3) is 0 Å². The van der Waals surface area contributed by atoms with Gasteiger partial charge in [0.1, 0.15) is 11.7 Å². The molecular weight excluding hydrogens is 476 g/mol. The molecule has 3 atom stereocenters. The van der Waals surface area contributed by atoms with E-state index in [1.165, 1.54) is 25.7 Å². The lowest BCUT2D eigenvalue weighted by molar-refractivity contribution is -0.164. The summed E-state index contributed by atoms with van der Waals surface area (Å²) in [6.45, 7) is 26.0. The van der Waals surface area contributed by atoms with Gasteiger partial charge in [-0.15, -0.1) is 0 Å². The first kappa shape index (κ1) is 36.1. The van der Waals surface area contributed by atoms with Crippen molar-refractivity contribution in [3.63, 3.8) is 0 Å². The first-order chi connectivity index (χ1) is 16.9. The Morgan fingerprint density at radius 2 is 1.35 bits per heavy atom. The van der Waals surface area contributed by atoms with Gasteiger partial charge in [-0.2, -0.15) is 0 Å². The van der Waals surface area contributed by atoms with Crippen LogP contribution < -0.4 is 0 Å². The van der Waals surface area contributed by atoms with Crippen LogP contribution in [0, 0.1) is 22.7 Å². The molecule has 0 aliphatic rings. The van der Waals surface area contributed by atoms with Crippen molar-refractivity contribution in [2.24, 2.45) is 22.7 Å². The molecule has 0 aromatic carbocycles. The Hall–Kier alpha value is -0.943. The second-order valence-electron chi connectivity index (χ2n) is 14.3. The number of esters is 1. The van der Waals surface area contributed by atoms with E-state index in [0.29, 0.717) is 24.7 Å². The number of hydrogen-bond donors (Lipinski definition) is 0. The van der Waals surface area contributed by atoms with E-state index in [-0.39, 0.29) is 22.6 Å². The Bertz CT molecular complexity index is 676. The van der Waals surface area contributed by atoms with Gasteiger partial charge in [0.05, 0.1) is 0 Å². The number of rotatable bonds is 17. The summed E-state index contributed by atoms with van der Waals surface area (Å²) < 4.78 is 11.5. The van der Waals surface area contributed by atoms with Crippen molar-refractivity contribution in [2.75, 3.05) is 0 Å². The predicted octanol–water partition coefficient (Wildman–Crippen LogP) is 9.07. The zero-order valence-electron chi connectivity index (χ0n) is 26.7. The molecule has 0 aromatic heterocycles. The van der Waals surface area contributed by atoms with Gasteiger partial charge in [-0.05, 0) is 81.9 Å². The Morgan fingerprint density at radius 3 is 1.84 bits per heavy atom. The number of allylic oxidation sites excluding steroid dienone is 2. The highest BCUT2D eigenvalue weighted by atomic mass is 28.3. The van der Waals surface area contributed by atoms with Gasteiger partial charge in [-0.1, -0.05) is 93.1 Å². The number of carbonyl (C=O) groups excluding carboxylic acids is 2. The van der Waals surface area contributed by atoms with Gasteiger partial charge >= 0.3 is 5.97 Å². The zero-order chi connectivity index (χ0) is 28.9. The van der Waals surface area contributed by atoms with E-state index in [1.54, 1.807) is 0 Å². The number of hydrogen-bond acceptors (Lipinski definition) is 4. The predicted molar refractivity (Wildman–Crippen MR) is 161 cm³/mol. The van der Waals surface area contributed by atoms with E-state index in [4.69, 9.17) is 9.16 Å². The minimum atomic E-state index is -1.34. The first-order valence-electron chi connectivity index (χ1n) is 15.0. The molecule has 4 nitrogen and oxygen atoms in total. The fourth-order valence-electron chi connectivity index (χ4n) is 5.01. The van der Waals surface area contributed by atoms with E-state index >= 15 is 0 Å². The Labute approximate surface area is 232 Å². The van der Waals surface area contributed by atoms with Crippen LogP contribution >= 0.6 is 0 Å². The van der Waals surface area contributed by atoms with Crippen molar-refractivity contribution in [3.05, 3.63) is 12.2 Å². The van der Waals surface area contributed by atoms with Crippen LogP contribution in [0.5, 0.6) is 0 Å². The molecule has 0 spiro atoms. The third kappa shape index (κ3) is 17.3. The molecule has 0 radical (unpaired) electrons. The number of ketones is 1. The van der Waals surface area contributed by atoms with Crippen LogP contribution in [0.2, 0.25) is 13.1 Å². The maximum Gasteiger partial charge on any atom is 0.334 e. The van der Waals surface area contributed by atoms with E-state index in [1.807, 2.05) is 26.8 Å². The van der Waals surface area contributed by atoms with E-state index in [0.717, 1.165) is 25.7 Å². The smallest absolute Gasteiger partial charge is 0.334 e. The summed E-state index contributed by atoms with van der Waals surface area (Å²) >= 11 is 0. The Balaban J connectivity index is 4.81. The molecule has 0 amide bonds. The van der Waals surface area contributed by atoms with Gasteiger partial charge in [-0.3, -0.25) is 4.79 Å². The average molecular weight is 539 g/mol. The third-order valence-electron chi connectivity index (χ3n) is 6.90. The summed E-state index contributed by atoms with van der Waals surface area (Å²) in [5.74, 6) is 0.918. The van der Waals surface area contributed by atoms with Crippen LogP contribution in [0.1, 0.15) is 133 Å². The summed E-state index contributed by atoms with van der Waals surface area (Å²) in [7, 11) is -1.34. The normalized spacial score (nSPS) is 15.7. The van der Waals surface area contributed by atoms with Crippen LogP contribution in [0.3, 0.4) is 0 Å². The molecule has 0 aliphatic carbocycles. The highest BCUT2D eigenvalue weighted by Gasteiger charge is 2.36. The van der Waals surface area contributed by atoms with Crippen LogP contribution in [-0.2, 0) is 18.8 Å². The second-order valence-corrected chi connectivity index (χ2v) is 16.7. The summed E-state index contributed by atoms with van der Waals surface area (Å²) in [4.78, 5) is 25.2. The maximum absolute atomic E-state index is 12.7. The van der Waals surface area contributed by atoms with Crippen molar-refractivity contribution in [3.8, 4) is 0 Å². The molecule has 0 aliphatic heterocycles. The Morgan fingerprint density at radius 1 is 0.784 bits per heavy atom. The molecule has 0 aromatic rings. The molecule has 5 heteroatoms. The monoisotopic (exact) mass is 538 g/mol. The lowest BCUT2D eigenvalue weighted by atomic mass is 9.62. The van der Waals surface area contributed by atoms with Gasteiger partial charge in [-0.25, -0.2) is 4.79 Å². The fraction of sp³-hybridized carbons (Fsp3) is 0.875. The molecule has 0 saturated heterocycles. The fourth-order valence-corrected chi connectivity index (χ4v) is 5.91. The van der Waals surface area contributed by atoms with Crippen molar-refractivity contribution in [1.82, 2.24) is 0 Å². The Kier molecular flexibility index (Phi) is 16.5. The molecule has 0 bridgehead atoms. The SMILES string of the molecule is CCCCC[C@@H]([C@H](C=CC(=O)CCCCCCC(O[SiH](C)C)C(=O)OC(C)(C)C)C(C)(C)C)C(C)(C)C. The van der Waals surface area contributed by atoms with Crippen molar-refractivity contribution in [1.29, 1.82) is 0 Å². The first-order valence-corrected chi connectivity index (χ1v) is 17.8. The molecule has 37 heavy (non-hydrogen) atoms. The highest BCUT2D eigenvalue weighted by molar-refractivity contribution is 6.48. The lowest BCUT2D eigenvalue weighted by Crippen LogP contribution is -2.35. The second kappa shape index (κ2) is 16.9. The van der Waals surface area contributed by atoms with Crippen LogP contribution in [0.15, 0.2) is 12.2 Å². The van der Waals surface area contributed by atoms with Gasteiger partial charge in [0.15, 0.2) is 14.8 Å². The summed E-state index contributed by atoms with van der Waals surface area (Å²) in [5, 5.41) is 0. The van der Waals surface area contributed by atoms with Crippen molar-refractivity contribution < 1.29 is 18.8 Å². The van der Waals surface area contributed by atoms with Crippen molar-refractivity contribution >= 4 is 20.8 Å². The molecular formula is C32H62O4Si. The van der Waals surface area contributed by atoms with E-state index in [2.05, 4.69) is 67.6 Å². The summed E-state index contributed by atoms with van der Waals surface area (Å²) in [6, 6.07) is 0. The molecule has 0 saturated carbocycles. The minimum Gasteiger partial charge on any atom is -0.458 e. The number of ether oxygens (including phenoxy) is 1. The number of unbranched alkanes of at least 4 members (excludes halogenated alkanes) is 5. The minimum absolute atomic E-state index is 0.118. The van der Waals surface area contributed by atoms with E-state index in [9.17, 15) is 9.59 Å². The van der Waals surface area contributed by atoms with Crippen LogP contribution in [0.4, 0.5) is 0 Å². The van der Waals surface area contributed by atoms with Crippen LogP contribution in [-0.4, -0.2) is 32.5 Å². The molecule has 218 valence electrons. The summed E-state index contributed by atoms with van der Waals surface area (Å²) in [5.41, 5.74) is -0.177. The lowest BCUT2D eigenvalue weighted by Gasteiger charge is -2.42. The quantitative estimate of drug-likeness (QED) is 0.0802. The van der Waals surface area contributed by atoms with Gasteiger partial charge in [0.2, 0.25) is 0 Å². The molecule has 0 rings (SSSR count). The molecule has 0 heterocycles. The zero-order valence-corrected chi connectivity index (χ0v) is 27.8. The van der Waals surface area contributed by atoms with Gasteiger partial charge < -0.3 is 9.16 Å². The molecule has 0 N–H and O–H groups in total. The third-order valence-corrected chi connectivity index (χ3v) is 7.77. The molecule has 1 unspecified atom stereocenters. The standard InChI is InChI=1S/C32H62O4Si/c1-13-14-17-21-26(30(2,3)4)27(31(5,6)7)24-23-25(33)20-18-15-16-19-22-28(36-37(11)12)29(34)35-32(8,9)10/h23-24,26-28,37H,13-22H2,1-12H3/t26-,27-,28?/m0/s1. The largest absolute Gasteiger partial charge is 0.458 e. The maximum atomic E-state index is 12.7. The average Bonchev–Trinajstić information content (AvgIpc) is 2.71. The molecule has 0 fully saturated rings.